The Labute approximate surface area is 133 Å². The van der Waals surface area contributed by atoms with Crippen LogP contribution in [0.5, 0.6) is 0 Å². The molecule has 0 bridgehead atoms. The highest BCUT2D eigenvalue weighted by Crippen LogP contribution is 2.25. The Hall–Kier alpha value is -2.12. The van der Waals surface area contributed by atoms with E-state index in [1.54, 1.807) is 0 Å². The number of benzene rings is 3. The third kappa shape index (κ3) is 3.55. The quantitative estimate of drug-likeness (QED) is 0.656. The van der Waals surface area contributed by atoms with Gasteiger partial charge in [0.2, 0.25) is 0 Å². The maximum Gasteiger partial charge on any atom is 0.00474 e. The van der Waals surface area contributed by atoms with Crippen molar-refractivity contribution in [2.75, 3.05) is 20.6 Å². The number of hydrogen-bond acceptors (Lipinski definition) is 1. The minimum absolute atomic E-state index is 0.516. The standard InChI is InChI=1S/C21H23N/c1-22(2)16-21(14-17-8-4-3-5-9-17)20-13-12-18-10-6-7-11-19(18)15-20/h3-13,15,21H,14,16H2,1-2H3. The van der Waals surface area contributed by atoms with Crippen molar-refractivity contribution < 1.29 is 0 Å². The Kier molecular flexibility index (Phi) is 4.55. The lowest BCUT2D eigenvalue weighted by Gasteiger charge is -2.22. The van der Waals surface area contributed by atoms with E-state index in [1.807, 2.05) is 0 Å². The molecular weight excluding hydrogens is 266 g/mol. The Balaban J connectivity index is 1.92. The largest absolute Gasteiger partial charge is 0.309 e. The molecule has 0 saturated heterocycles. The van der Waals surface area contributed by atoms with Gasteiger partial charge >= 0.3 is 0 Å². The monoisotopic (exact) mass is 289 g/mol. The predicted molar refractivity (Wildman–Crippen MR) is 95.4 cm³/mol. The zero-order valence-corrected chi connectivity index (χ0v) is 13.4. The SMILES string of the molecule is CN(C)CC(Cc1ccccc1)c1ccc2ccccc2c1. The second kappa shape index (κ2) is 6.76. The van der Waals surface area contributed by atoms with Gasteiger partial charge in [0, 0.05) is 12.5 Å². The molecule has 0 heterocycles. The molecule has 0 saturated carbocycles. The average Bonchev–Trinajstić information content (AvgIpc) is 2.54. The van der Waals surface area contributed by atoms with Gasteiger partial charge in [0.05, 0.1) is 0 Å². The second-order valence-corrected chi connectivity index (χ2v) is 6.26. The normalized spacial score (nSPS) is 12.7. The summed E-state index contributed by atoms with van der Waals surface area (Å²) < 4.78 is 0. The summed E-state index contributed by atoms with van der Waals surface area (Å²) in [5.41, 5.74) is 2.83. The third-order valence-electron chi connectivity index (χ3n) is 4.16. The highest BCUT2D eigenvalue weighted by Gasteiger charge is 2.14. The topological polar surface area (TPSA) is 3.24 Å². The Morgan fingerprint density at radius 2 is 1.45 bits per heavy atom. The van der Waals surface area contributed by atoms with Gasteiger partial charge in [-0.15, -0.1) is 0 Å². The van der Waals surface area contributed by atoms with E-state index in [-0.39, 0.29) is 0 Å². The number of likely N-dealkylation sites (N-methyl/N-ethyl adjacent to an activating group) is 1. The van der Waals surface area contributed by atoms with Gasteiger partial charge in [-0.25, -0.2) is 0 Å². The molecule has 1 nitrogen and oxygen atoms in total. The molecule has 3 aromatic carbocycles. The Bertz CT molecular complexity index is 731. The van der Waals surface area contributed by atoms with Crippen molar-refractivity contribution in [3.63, 3.8) is 0 Å². The third-order valence-corrected chi connectivity index (χ3v) is 4.16. The van der Waals surface area contributed by atoms with Crippen molar-refractivity contribution in [1.82, 2.24) is 4.90 Å². The zero-order chi connectivity index (χ0) is 15.4. The van der Waals surface area contributed by atoms with Gasteiger partial charge in [0.15, 0.2) is 0 Å². The van der Waals surface area contributed by atoms with E-state index in [9.17, 15) is 0 Å². The first-order chi connectivity index (χ1) is 10.7. The summed E-state index contributed by atoms with van der Waals surface area (Å²) in [4.78, 5) is 2.28. The van der Waals surface area contributed by atoms with E-state index in [2.05, 4.69) is 91.8 Å². The van der Waals surface area contributed by atoms with Crippen LogP contribution in [0.1, 0.15) is 17.0 Å². The van der Waals surface area contributed by atoms with Gasteiger partial charge in [-0.3, -0.25) is 0 Å². The van der Waals surface area contributed by atoms with Gasteiger partial charge in [-0.2, -0.15) is 0 Å². The maximum absolute atomic E-state index is 2.35. The Morgan fingerprint density at radius 1 is 0.773 bits per heavy atom. The van der Waals surface area contributed by atoms with Crippen LogP contribution in [0.2, 0.25) is 0 Å². The molecule has 22 heavy (non-hydrogen) atoms. The van der Waals surface area contributed by atoms with Crippen LogP contribution in [-0.2, 0) is 6.42 Å². The minimum Gasteiger partial charge on any atom is -0.309 e. The van der Waals surface area contributed by atoms with Crippen molar-refractivity contribution in [2.45, 2.75) is 12.3 Å². The predicted octanol–water partition coefficient (Wildman–Crippen LogP) is 4.73. The molecule has 1 heteroatoms. The van der Waals surface area contributed by atoms with E-state index >= 15 is 0 Å². The van der Waals surface area contributed by atoms with Crippen LogP contribution in [0.25, 0.3) is 10.8 Å². The average molecular weight is 289 g/mol. The lowest BCUT2D eigenvalue weighted by Crippen LogP contribution is -2.22. The van der Waals surface area contributed by atoms with Crippen LogP contribution in [0.15, 0.2) is 72.8 Å². The number of nitrogens with zero attached hydrogens (tertiary/aromatic N) is 1. The van der Waals surface area contributed by atoms with Crippen LogP contribution in [-0.4, -0.2) is 25.5 Å². The van der Waals surface area contributed by atoms with Gasteiger partial charge in [0.25, 0.3) is 0 Å². The summed E-state index contributed by atoms with van der Waals surface area (Å²) in [6, 6.07) is 26.3. The smallest absolute Gasteiger partial charge is 0.00474 e. The first kappa shape index (κ1) is 14.8. The molecule has 0 amide bonds. The van der Waals surface area contributed by atoms with E-state index in [4.69, 9.17) is 0 Å². The molecule has 3 rings (SSSR count). The molecule has 0 radical (unpaired) electrons. The van der Waals surface area contributed by atoms with Crippen LogP contribution in [0.4, 0.5) is 0 Å². The fraction of sp³-hybridized carbons (Fsp3) is 0.238. The van der Waals surface area contributed by atoms with Gasteiger partial charge in [-0.1, -0.05) is 72.8 Å². The van der Waals surface area contributed by atoms with E-state index in [0.717, 1.165) is 13.0 Å². The van der Waals surface area contributed by atoms with Crippen LogP contribution in [0.3, 0.4) is 0 Å². The molecule has 0 aliphatic carbocycles. The van der Waals surface area contributed by atoms with Crippen molar-refractivity contribution >= 4 is 10.8 Å². The summed E-state index contributed by atoms with van der Waals surface area (Å²) >= 11 is 0. The summed E-state index contributed by atoms with van der Waals surface area (Å²) in [5, 5.41) is 2.64. The Morgan fingerprint density at radius 3 is 2.18 bits per heavy atom. The molecular formula is C21H23N. The first-order valence-electron chi connectivity index (χ1n) is 7.90. The van der Waals surface area contributed by atoms with Gasteiger partial charge in [0.1, 0.15) is 0 Å². The van der Waals surface area contributed by atoms with Crippen molar-refractivity contribution in [3.05, 3.63) is 83.9 Å². The fourth-order valence-corrected chi connectivity index (χ4v) is 3.09. The summed E-state index contributed by atoms with van der Waals surface area (Å²) in [5.74, 6) is 0.516. The molecule has 0 fully saturated rings. The maximum atomic E-state index is 2.35. The summed E-state index contributed by atoms with van der Waals surface area (Å²) in [6.07, 6.45) is 1.08. The molecule has 112 valence electrons. The van der Waals surface area contributed by atoms with Crippen LogP contribution >= 0.6 is 0 Å². The number of hydrogen-bond donors (Lipinski definition) is 0. The molecule has 0 aliphatic heterocycles. The molecule has 1 unspecified atom stereocenters. The lowest BCUT2D eigenvalue weighted by atomic mass is 9.90. The summed E-state index contributed by atoms with van der Waals surface area (Å²) in [6.45, 7) is 1.06. The van der Waals surface area contributed by atoms with Gasteiger partial charge < -0.3 is 4.90 Å². The molecule has 0 aromatic heterocycles. The summed E-state index contributed by atoms with van der Waals surface area (Å²) in [7, 11) is 4.30. The van der Waals surface area contributed by atoms with Crippen LogP contribution in [0, 0.1) is 0 Å². The first-order valence-corrected chi connectivity index (χ1v) is 7.90. The van der Waals surface area contributed by atoms with Crippen molar-refractivity contribution in [3.8, 4) is 0 Å². The molecule has 0 N–H and O–H groups in total. The fourth-order valence-electron chi connectivity index (χ4n) is 3.09. The minimum atomic E-state index is 0.516. The zero-order valence-electron chi connectivity index (χ0n) is 13.4. The van der Waals surface area contributed by atoms with E-state index < -0.39 is 0 Å². The highest BCUT2D eigenvalue weighted by atomic mass is 15.1. The number of fused-ring (bicyclic) bond motifs is 1. The van der Waals surface area contributed by atoms with Crippen molar-refractivity contribution in [2.24, 2.45) is 0 Å². The van der Waals surface area contributed by atoms with Crippen molar-refractivity contribution in [1.29, 1.82) is 0 Å². The van der Waals surface area contributed by atoms with Crippen LogP contribution < -0.4 is 0 Å². The number of rotatable bonds is 5. The molecule has 3 aromatic rings. The van der Waals surface area contributed by atoms with E-state index in [0.29, 0.717) is 5.92 Å². The molecule has 0 aliphatic rings. The molecule has 0 spiro atoms. The highest BCUT2D eigenvalue weighted by molar-refractivity contribution is 5.83. The second-order valence-electron chi connectivity index (χ2n) is 6.26. The van der Waals surface area contributed by atoms with Gasteiger partial charge in [-0.05, 0) is 42.4 Å². The van der Waals surface area contributed by atoms with E-state index in [1.165, 1.54) is 21.9 Å². The lowest BCUT2D eigenvalue weighted by molar-refractivity contribution is 0.371. The molecule has 1 atom stereocenters.